The first-order valence-electron chi connectivity index (χ1n) is 5.70. The third-order valence-electron chi connectivity index (χ3n) is 2.03. The van der Waals surface area contributed by atoms with Crippen molar-refractivity contribution in [2.75, 3.05) is 39.0 Å². The van der Waals surface area contributed by atoms with Crippen LogP contribution < -0.4 is 0 Å². The van der Waals surface area contributed by atoms with Crippen LogP contribution in [0.2, 0.25) is 0 Å². The Hall–Kier alpha value is -0.360. The summed E-state index contributed by atoms with van der Waals surface area (Å²) in [6, 6.07) is 0. The predicted octanol–water partition coefficient (Wildman–Crippen LogP) is -0.921. The predicted molar refractivity (Wildman–Crippen MR) is 75.9 cm³/mol. The van der Waals surface area contributed by atoms with Crippen molar-refractivity contribution in [2.24, 2.45) is 0 Å². The summed E-state index contributed by atoms with van der Waals surface area (Å²) in [4.78, 5) is 23.1. The van der Waals surface area contributed by atoms with Gasteiger partial charge in [0.1, 0.15) is 12.3 Å². The minimum absolute atomic E-state index is 0.153. The molecule has 10 heteroatoms. The lowest BCUT2D eigenvalue weighted by Crippen LogP contribution is -2.25. The summed E-state index contributed by atoms with van der Waals surface area (Å²) in [5, 5.41) is 35.4. The minimum atomic E-state index is -2.44. The molecule has 118 valence electrons. The Morgan fingerprint density at radius 1 is 0.800 bits per heavy atom. The van der Waals surface area contributed by atoms with Crippen LogP contribution in [0.4, 0.5) is 0 Å². The van der Waals surface area contributed by atoms with Crippen molar-refractivity contribution in [3.63, 3.8) is 0 Å². The monoisotopic (exact) mass is 332 g/mol. The molecule has 0 aliphatic rings. The first-order chi connectivity index (χ1) is 8.84. The van der Waals surface area contributed by atoms with E-state index in [0.29, 0.717) is 0 Å². The van der Waals surface area contributed by atoms with Gasteiger partial charge in [-0.05, 0) is 0 Å². The smallest absolute Gasteiger partial charge is 0.365 e. The van der Waals surface area contributed by atoms with Gasteiger partial charge in [-0.3, -0.25) is 0 Å². The van der Waals surface area contributed by atoms with E-state index in [1.807, 2.05) is 0 Å². The van der Waals surface area contributed by atoms with Gasteiger partial charge in [-0.1, -0.05) is 0 Å². The molecular weight excluding hydrogens is 310 g/mol. The molecule has 0 aliphatic heterocycles. The fourth-order valence-electron chi connectivity index (χ4n) is 1.38. The van der Waals surface area contributed by atoms with E-state index in [0.717, 1.165) is 0 Å². The highest BCUT2D eigenvalue weighted by molar-refractivity contribution is 7.71. The number of carbonyl (C=O) groups excluding carboxylic acids is 2. The van der Waals surface area contributed by atoms with Gasteiger partial charge in [-0.25, -0.2) is 9.59 Å². The second-order valence-corrected chi connectivity index (χ2v) is 12.6. The zero-order valence-electron chi connectivity index (χ0n) is 11.9. The lowest BCUT2D eigenvalue weighted by molar-refractivity contribution is -0.155. The van der Waals surface area contributed by atoms with Gasteiger partial charge in [0.2, 0.25) is 0 Å². The standard InChI is InChI=1S/C10H22O8P2/c1-19(2,5-7(11)12)17-9(15)10(16)18-20(3,4)6-8(13)14/h7-8,11-14H,5-6H2,1-4H3/q+2. The average Bonchev–Trinajstić information content (AvgIpc) is 2.10. The molecule has 0 rings (SSSR count). The van der Waals surface area contributed by atoms with Gasteiger partial charge < -0.3 is 29.5 Å². The van der Waals surface area contributed by atoms with E-state index in [-0.39, 0.29) is 12.3 Å². The largest absolute Gasteiger partial charge is 0.462 e. The van der Waals surface area contributed by atoms with Crippen LogP contribution >= 0.6 is 15.0 Å². The zero-order chi connectivity index (χ0) is 16.1. The SMILES string of the molecule is C[P+](C)(CC(O)O)OC(=O)C(=O)O[P+](C)(C)CC(O)O. The Bertz CT molecular complexity index is 319. The second-order valence-electron chi connectivity index (χ2n) is 5.23. The summed E-state index contributed by atoms with van der Waals surface area (Å²) < 4.78 is 9.86. The fourth-order valence-corrected chi connectivity index (χ4v) is 4.15. The van der Waals surface area contributed by atoms with Crippen LogP contribution in [0.15, 0.2) is 0 Å². The third kappa shape index (κ3) is 8.74. The summed E-state index contributed by atoms with van der Waals surface area (Å²) in [7, 11) is -4.88. The molecule has 0 atom stereocenters. The highest BCUT2D eigenvalue weighted by atomic mass is 31.2. The molecule has 0 aliphatic carbocycles. The van der Waals surface area contributed by atoms with E-state index in [4.69, 9.17) is 29.5 Å². The number of rotatable bonds is 6. The van der Waals surface area contributed by atoms with Crippen molar-refractivity contribution >= 4 is 26.9 Å². The normalized spacial score (nSPS) is 12.7. The fraction of sp³-hybridized carbons (Fsp3) is 0.800. The number of aliphatic hydroxyl groups is 4. The molecule has 20 heavy (non-hydrogen) atoms. The minimum Gasteiger partial charge on any atom is -0.365 e. The van der Waals surface area contributed by atoms with E-state index >= 15 is 0 Å². The molecule has 0 heterocycles. The molecule has 0 bridgehead atoms. The first-order valence-corrected chi connectivity index (χ1v) is 11.3. The van der Waals surface area contributed by atoms with Gasteiger partial charge in [0.05, 0.1) is 26.7 Å². The Morgan fingerprint density at radius 3 is 1.25 bits per heavy atom. The summed E-state index contributed by atoms with van der Waals surface area (Å²) in [6.45, 7) is 6.09. The Balaban J connectivity index is 4.53. The van der Waals surface area contributed by atoms with Crippen LogP contribution in [0.3, 0.4) is 0 Å². The zero-order valence-corrected chi connectivity index (χ0v) is 13.7. The molecule has 0 fully saturated rings. The lowest BCUT2D eigenvalue weighted by Gasteiger charge is -2.19. The number of hydrogen-bond acceptors (Lipinski definition) is 8. The molecule has 0 spiro atoms. The molecule has 8 nitrogen and oxygen atoms in total. The second kappa shape index (κ2) is 7.59. The van der Waals surface area contributed by atoms with Crippen molar-refractivity contribution in [1.82, 2.24) is 0 Å². The molecule has 0 saturated carbocycles. The lowest BCUT2D eigenvalue weighted by atomic mass is 10.7. The van der Waals surface area contributed by atoms with Gasteiger partial charge in [0.25, 0.3) is 0 Å². The van der Waals surface area contributed by atoms with Crippen molar-refractivity contribution < 1.29 is 39.1 Å². The topological polar surface area (TPSA) is 134 Å². The summed E-state index contributed by atoms with van der Waals surface area (Å²) in [6.07, 6.45) is -3.56. The van der Waals surface area contributed by atoms with Crippen LogP contribution in [0.1, 0.15) is 0 Å². The number of carbonyl (C=O) groups is 2. The molecular formula is C10H22O8P2+2. The van der Waals surface area contributed by atoms with Crippen LogP contribution in [-0.4, -0.2) is 83.9 Å². The van der Waals surface area contributed by atoms with Crippen LogP contribution in [0.5, 0.6) is 0 Å². The molecule has 4 N–H and O–H groups in total. The molecule has 0 radical (unpaired) electrons. The molecule has 0 aromatic heterocycles. The molecule has 0 aromatic carbocycles. The van der Waals surface area contributed by atoms with Crippen LogP contribution in [-0.2, 0) is 18.6 Å². The van der Waals surface area contributed by atoms with Gasteiger partial charge in [-0.15, -0.1) is 0 Å². The maximum atomic E-state index is 11.6. The van der Waals surface area contributed by atoms with E-state index in [1.165, 1.54) is 26.7 Å². The third-order valence-corrected chi connectivity index (χ3v) is 5.76. The molecule has 0 aromatic rings. The van der Waals surface area contributed by atoms with Crippen molar-refractivity contribution in [3.8, 4) is 0 Å². The van der Waals surface area contributed by atoms with E-state index in [1.54, 1.807) is 0 Å². The van der Waals surface area contributed by atoms with Gasteiger partial charge >= 0.3 is 11.9 Å². The summed E-state index contributed by atoms with van der Waals surface area (Å²) in [5.74, 6) is -2.44. The highest BCUT2D eigenvalue weighted by Gasteiger charge is 2.42. The molecule has 0 amide bonds. The first kappa shape index (κ1) is 19.6. The summed E-state index contributed by atoms with van der Waals surface area (Å²) in [5.41, 5.74) is 0. The maximum absolute atomic E-state index is 11.6. The van der Waals surface area contributed by atoms with Gasteiger partial charge in [0.15, 0.2) is 27.6 Å². The molecule has 0 saturated heterocycles. The van der Waals surface area contributed by atoms with Gasteiger partial charge in [0, 0.05) is 0 Å². The van der Waals surface area contributed by atoms with Crippen molar-refractivity contribution in [1.29, 1.82) is 0 Å². The average molecular weight is 332 g/mol. The van der Waals surface area contributed by atoms with Crippen LogP contribution in [0.25, 0.3) is 0 Å². The Kier molecular flexibility index (Phi) is 7.46. The quantitative estimate of drug-likeness (QED) is 0.279. The number of aliphatic hydroxyl groups excluding tert-OH is 2. The highest BCUT2D eigenvalue weighted by Crippen LogP contribution is 2.55. The van der Waals surface area contributed by atoms with Gasteiger partial charge in [-0.2, -0.15) is 0 Å². The Labute approximate surface area is 118 Å². The van der Waals surface area contributed by atoms with Crippen LogP contribution in [0, 0.1) is 0 Å². The van der Waals surface area contributed by atoms with E-state index in [9.17, 15) is 9.59 Å². The van der Waals surface area contributed by atoms with Crippen molar-refractivity contribution in [3.05, 3.63) is 0 Å². The maximum Gasteiger partial charge on any atom is 0.462 e. The van der Waals surface area contributed by atoms with E-state index < -0.39 is 39.5 Å². The Morgan fingerprint density at radius 2 is 1.05 bits per heavy atom. The summed E-state index contributed by atoms with van der Waals surface area (Å²) >= 11 is 0. The number of hydrogen-bond donors (Lipinski definition) is 4. The van der Waals surface area contributed by atoms with Crippen molar-refractivity contribution in [2.45, 2.75) is 12.6 Å². The van der Waals surface area contributed by atoms with E-state index in [2.05, 4.69) is 0 Å². The molecule has 0 unspecified atom stereocenters.